The molecule has 2 aromatic carbocycles. The van der Waals surface area contributed by atoms with E-state index in [2.05, 4.69) is 21.2 Å². The van der Waals surface area contributed by atoms with Crippen molar-refractivity contribution in [2.75, 3.05) is 5.32 Å². The Kier molecular flexibility index (Phi) is 5.13. The summed E-state index contributed by atoms with van der Waals surface area (Å²) in [7, 11) is 0. The SMILES string of the molecule is O=C([O-])C1Nc2cc(Cl)cc(Cl)c2C2c3cc(Br)ccc3OC12.[Na+]. The normalized spacial score (nSPS) is 23.0. The van der Waals surface area contributed by atoms with Crippen LogP contribution in [-0.4, -0.2) is 18.1 Å². The smallest absolute Gasteiger partial charge is 0.548 e. The summed E-state index contributed by atoms with van der Waals surface area (Å²) in [5.41, 5.74) is 2.27. The summed E-state index contributed by atoms with van der Waals surface area (Å²) < 4.78 is 6.77. The first-order valence-electron chi connectivity index (χ1n) is 6.88. The maximum Gasteiger partial charge on any atom is 1.00 e. The van der Waals surface area contributed by atoms with Crippen LogP contribution in [-0.2, 0) is 4.79 Å². The second-order valence-electron chi connectivity index (χ2n) is 5.53. The predicted molar refractivity (Wildman–Crippen MR) is 89.3 cm³/mol. The molecule has 4 rings (SSSR count). The van der Waals surface area contributed by atoms with Crippen LogP contribution in [0, 0.1) is 0 Å². The Morgan fingerprint density at radius 1 is 1.25 bits per heavy atom. The summed E-state index contributed by atoms with van der Waals surface area (Å²) in [6, 6.07) is 7.91. The second-order valence-corrected chi connectivity index (χ2v) is 7.29. The van der Waals surface area contributed by atoms with Gasteiger partial charge in [-0.25, -0.2) is 0 Å². The molecule has 3 unspecified atom stereocenters. The van der Waals surface area contributed by atoms with E-state index in [1.807, 2.05) is 18.2 Å². The van der Waals surface area contributed by atoms with Gasteiger partial charge in [0, 0.05) is 31.3 Å². The van der Waals surface area contributed by atoms with Gasteiger partial charge in [0.2, 0.25) is 0 Å². The van der Waals surface area contributed by atoms with E-state index in [-0.39, 0.29) is 35.5 Å². The van der Waals surface area contributed by atoms with E-state index in [4.69, 9.17) is 27.9 Å². The fourth-order valence-corrected chi connectivity index (χ4v) is 4.29. The molecule has 0 saturated heterocycles. The Labute approximate surface area is 178 Å². The van der Waals surface area contributed by atoms with Gasteiger partial charge in [-0.2, -0.15) is 0 Å². The van der Waals surface area contributed by atoms with Crippen LogP contribution in [0.1, 0.15) is 17.0 Å². The number of anilines is 1. The molecule has 0 radical (unpaired) electrons. The summed E-state index contributed by atoms with van der Waals surface area (Å²) in [5.74, 6) is -0.879. The monoisotopic (exact) mass is 435 g/mol. The number of fused-ring (bicyclic) bond motifs is 5. The molecule has 24 heavy (non-hydrogen) atoms. The Morgan fingerprint density at radius 2 is 2.00 bits per heavy atom. The number of hydrogen-bond acceptors (Lipinski definition) is 4. The van der Waals surface area contributed by atoms with E-state index in [1.165, 1.54) is 0 Å². The first-order valence-corrected chi connectivity index (χ1v) is 8.43. The molecule has 8 heteroatoms. The van der Waals surface area contributed by atoms with Gasteiger partial charge in [0.05, 0.1) is 11.9 Å². The van der Waals surface area contributed by atoms with Crippen molar-refractivity contribution in [3.05, 3.63) is 56.0 Å². The zero-order valence-electron chi connectivity index (χ0n) is 12.5. The van der Waals surface area contributed by atoms with Crippen molar-refractivity contribution in [3.8, 4) is 5.75 Å². The standard InChI is InChI=1S/C16H10BrCl2NO3.Na/c17-6-1-2-11-8(3-6)12-13-9(19)4-7(18)5-10(13)20-14(16(21)22)15(12)23-11;/h1-5,12,14-15,20H,(H,21,22);/q;+1/p-1. The number of benzene rings is 2. The summed E-state index contributed by atoms with van der Waals surface area (Å²) >= 11 is 15.9. The Balaban J connectivity index is 0.00000169. The summed E-state index contributed by atoms with van der Waals surface area (Å²) in [6.45, 7) is 0. The molecule has 0 fully saturated rings. The minimum absolute atomic E-state index is 0. The van der Waals surface area contributed by atoms with Crippen molar-refractivity contribution in [1.29, 1.82) is 0 Å². The fourth-order valence-electron chi connectivity index (χ4n) is 3.30. The quantitative estimate of drug-likeness (QED) is 0.648. The van der Waals surface area contributed by atoms with E-state index in [0.29, 0.717) is 21.5 Å². The van der Waals surface area contributed by atoms with E-state index in [9.17, 15) is 9.90 Å². The van der Waals surface area contributed by atoms with Crippen molar-refractivity contribution in [2.24, 2.45) is 0 Å². The van der Waals surface area contributed by atoms with Crippen LogP contribution in [0.15, 0.2) is 34.8 Å². The second kappa shape index (κ2) is 6.71. The van der Waals surface area contributed by atoms with Gasteiger partial charge < -0.3 is 20.0 Å². The summed E-state index contributed by atoms with van der Waals surface area (Å²) in [5, 5.41) is 15.4. The number of ether oxygens (including phenoxy) is 1. The third-order valence-electron chi connectivity index (χ3n) is 4.20. The van der Waals surface area contributed by atoms with Crippen LogP contribution < -0.4 is 44.7 Å². The number of carboxylic acid groups (broad SMARTS) is 1. The molecule has 0 aliphatic carbocycles. The Hall–Kier alpha value is -0.430. The van der Waals surface area contributed by atoms with Crippen molar-refractivity contribution in [3.63, 3.8) is 0 Å². The average molecular weight is 437 g/mol. The molecule has 4 nitrogen and oxygen atoms in total. The molecule has 0 amide bonds. The Morgan fingerprint density at radius 3 is 2.71 bits per heavy atom. The molecule has 3 atom stereocenters. The van der Waals surface area contributed by atoms with Crippen LogP contribution >= 0.6 is 39.1 Å². The van der Waals surface area contributed by atoms with Gasteiger partial charge in [-0.05, 0) is 30.3 Å². The van der Waals surface area contributed by atoms with E-state index < -0.39 is 18.1 Å². The number of hydrogen-bond donors (Lipinski definition) is 1. The van der Waals surface area contributed by atoms with E-state index in [1.54, 1.807) is 12.1 Å². The van der Waals surface area contributed by atoms with Crippen LogP contribution in [0.3, 0.4) is 0 Å². The van der Waals surface area contributed by atoms with Gasteiger partial charge in [0.25, 0.3) is 0 Å². The van der Waals surface area contributed by atoms with Crippen LogP contribution in [0.25, 0.3) is 0 Å². The molecular weight excluding hydrogens is 428 g/mol. The van der Waals surface area contributed by atoms with Gasteiger partial charge >= 0.3 is 29.6 Å². The van der Waals surface area contributed by atoms with Gasteiger partial charge in [-0.3, -0.25) is 0 Å². The molecule has 0 spiro atoms. The minimum atomic E-state index is -1.23. The number of aliphatic carboxylic acids is 1. The van der Waals surface area contributed by atoms with Crippen molar-refractivity contribution < 1.29 is 44.2 Å². The maximum atomic E-state index is 11.6. The first-order chi connectivity index (χ1) is 11.0. The number of carbonyl (C=O) groups excluding carboxylic acids is 1. The van der Waals surface area contributed by atoms with Gasteiger partial charge in [-0.15, -0.1) is 0 Å². The molecule has 2 aromatic rings. The number of rotatable bonds is 1. The van der Waals surface area contributed by atoms with Gasteiger partial charge in [-0.1, -0.05) is 39.1 Å². The molecule has 0 aromatic heterocycles. The molecule has 118 valence electrons. The van der Waals surface area contributed by atoms with E-state index >= 15 is 0 Å². The molecule has 1 N–H and O–H groups in total. The third-order valence-corrected chi connectivity index (χ3v) is 5.22. The molecule has 2 aliphatic heterocycles. The predicted octanol–water partition coefficient (Wildman–Crippen LogP) is 0.197. The zero-order chi connectivity index (χ0) is 16.3. The molecule has 2 heterocycles. The molecule has 0 bridgehead atoms. The molecule has 2 aliphatic rings. The van der Waals surface area contributed by atoms with Crippen molar-refractivity contribution in [1.82, 2.24) is 0 Å². The number of carbonyl (C=O) groups is 1. The van der Waals surface area contributed by atoms with Gasteiger partial charge in [0.15, 0.2) is 0 Å². The maximum absolute atomic E-state index is 11.6. The number of halogens is 3. The topological polar surface area (TPSA) is 61.4 Å². The summed E-state index contributed by atoms with van der Waals surface area (Å²) in [6.07, 6.45) is -0.629. The zero-order valence-corrected chi connectivity index (χ0v) is 17.6. The van der Waals surface area contributed by atoms with Crippen LogP contribution in [0.2, 0.25) is 10.0 Å². The molecular formula is C16H9BrCl2NNaO3. The number of nitrogens with one attached hydrogen (secondary N) is 1. The summed E-state index contributed by atoms with van der Waals surface area (Å²) in [4.78, 5) is 11.6. The average Bonchev–Trinajstić information content (AvgIpc) is 2.84. The largest absolute Gasteiger partial charge is 1.00 e. The van der Waals surface area contributed by atoms with Crippen molar-refractivity contribution >= 4 is 50.8 Å². The number of carboxylic acids is 1. The first kappa shape index (κ1) is 18.4. The Bertz CT molecular complexity index is 848. The molecule has 0 saturated carbocycles. The minimum Gasteiger partial charge on any atom is -0.548 e. The van der Waals surface area contributed by atoms with E-state index in [0.717, 1.165) is 15.6 Å². The van der Waals surface area contributed by atoms with Crippen LogP contribution in [0.5, 0.6) is 5.75 Å². The third kappa shape index (κ3) is 2.85. The van der Waals surface area contributed by atoms with Crippen LogP contribution in [0.4, 0.5) is 5.69 Å². The fraction of sp³-hybridized carbons (Fsp3) is 0.188. The van der Waals surface area contributed by atoms with Crippen molar-refractivity contribution in [2.45, 2.75) is 18.1 Å². The van der Waals surface area contributed by atoms with Gasteiger partial charge in [0.1, 0.15) is 17.9 Å².